The maximum atomic E-state index is 13.5. The number of nitrogens with zero attached hydrogens (tertiary/aromatic N) is 2. The second kappa shape index (κ2) is 13.6. The van der Waals surface area contributed by atoms with Crippen LogP contribution in [0.3, 0.4) is 0 Å². The number of nitrogens with one attached hydrogen (secondary N) is 2. The van der Waals surface area contributed by atoms with Crippen molar-refractivity contribution in [1.82, 2.24) is 19.9 Å². The van der Waals surface area contributed by atoms with Crippen LogP contribution < -0.4 is 10.4 Å². The Morgan fingerprint density at radius 1 is 0.940 bits per heavy atom. The average Bonchev–Trinajstić information content (AvgIpc) is 3.80. The number of carbonyl (C=O) groups is 2. The molecule has 0 aromatic carbocycles. The SMILES string of the molecule is CCC1c2cc3[nH]c4c(c5nc(cc6[nH]c(cc(n2)C1C)/c(=C(/C)O)c6C)C(C)C5CCC(=O)OCCC(C)C)C(C(=O)OC)C(O)=c4c3C. The number of ether oxygens (including phenoxy) is 2. The van der Waals surface area contributed by atoms with E-state index in [1.807, 2.05) is 32.0 Å². The minimum absolute atomic E-state index is 0.0752. The van der Waals surface area contributed by atoms with Crippen molar-refractivity contribution in [1.29, 1.82) is 0 Å². The highest BCUT2D eigenvalue weighted by Gasteiger charge is 2.41. The Morgan fingerprint density at radius 3 is 2.24 bits per heavy atom. The number of aliphatic hydroxyl groups is 2. The quantitative estimate of drug-likeness (QED) is 0.184. The normalized spacial score (nSPS) is 21.9. The van der Waals surface area contributed by atoms with Gasteiger partial charge in [0.1, 0.15) is 11.7 Å². The van der Waals surface area contributed by atoms with Gasteiger partial charge in [-0.1, -0.05) is 34.6 Å². The molecule has 0 saturated heterocycles. The first-order chi connectivity index (χ1) is 23.8. The molecule has 8 bridgehead atoms. The topological polar surface area (TPSA) is 150 Å². The lowest BCUT2D eigenvalue weighted by molar-refractivity contribution is -0.144. The van der Waals surface area contributed by atoms with Crippen molar-refractivity contribution in [2.75, 3.05) is 13.7 Å². The molecule has 2 aliphatic heterocycles. The lowest BCUT2D eigenvalue weighted by Crippen LogP contribution is -2.18. The Morgan fingerprint density at radius 2 is 1.58 bits per heavy atom. The summed E-state index contributed by atoms with van der Waals surface area (Å²) in [5, 5.41) is 23.9. The summed E-state index contributed by atoms with van der Waals surface area (Å²) in [5.41, 5.74) is 8.47. The molecule has 0 radical (unpaired) electrons. The summed E-state index contributed by atoms with van der Waals surface area (Å²) in [6, 6.07) is 6.08. The molecule has 0 fully saturated rings. The van der Waals surface area contributed by atoms with Gasteiger partial charge in [0.05, 0.1) is 36.2 Å². The summed E-state index contributed by atoms with van der Waals surface area (Å²) in [7, 11) is 1.32. The van der Waals surface area contributed by atoms with Gasteiger partial charge in [0, 0.05) is 74.2 Å². The van der Waals surface area contributed by atoms with Crippen LogP contribution in [0.4, 0.5) is 0 Å². The van der Waals surface area contributed by atoms with Crippen molar-refractivity contribution in [3.8, 4) is 0 Å². The van der Waals surface area contributed by atoms with E-state index in [9.17, 15) is 19.8 Å². The van der Waals surface area contributed by atoms with E-state index >= 15 is 0 Å². The van der Waals surface area contributed by atoms with E-state index in [0.29, 0.717) is 40.9 Å². The number of aromatic nitrogens is 4. The first-order valence-corrected chi connectivity index (χ1v) is 17.9. The fraction of sp³-hybridized carbons (Fsp3) is 0.500. The summed E-state index contributed by atoms with van der Waals surface area (Å²) in [6.07, 6.45) is 2.28. The molecule has 0 spiro atoms. The van der Waals surface area contributed by atoms with Crippen molar-refractivity contribution < 1.29 is 29.3 Å². The summed E-state index contributed by atoms with van der Waals surface area (Å²) in [6.45, 7) is 16.5. The van der Waals surface area contributed by atoms with Crippen LogP contribution in [0.15, 0.2) is 18.2 Å². The van der Waals surface area contributed by atoms with Crippen molar-refractivity contribution >= 4 is 45.5 Å². The smallest absolute Gasteiger partial charge is 0.321 e. The summed E-state index contributed by atoms with van der Waals surface area (Å²) >= 11 is 0. The molecule has 10 nitrogen and oxygen atoms in total. The fourth-order valence-corrected chi connectivity index (χ4v) is 8.12. The number of aryl methyl sites for hydroxylation is 2. The highest BCUT2D eigenvalue weighted by atomic mass is 16.5. The molecule has 10 heteroatoms. The van der Waals surface area contributed by atoms with E-state index in [2.05, 4.69) is 44.6 Å². The van der Waals surface area contributed by atoms with Crippen LogP contribution in [0.5, 0.6) is 0 Å². The summed E-state index contributed by atoms with van der Waals surface area (Å²) in [5.74, 6) is -1.51. The van der Waals surface area contributed by atoms with Crippen LogP contribution >= 0.6 is 0 Å². The van der Waals surface area contributed by atoms with Gasteiger partial charge in [-0.15, -0.1) is 0 Å². The minimum atomic E-state index is -1.07. The number of methoxy groups -OCH3 is 1. The number of esters is 2. The van der Waals surface area contributed by atoms with Crippen LogP contribution in [0, 0.1) is 19.8 Å². The summed E-state index contributed by atoms with van der Waals surface area (Å²) < 4.78 is 10.8. The minimum Gasteiger partial charge on any atom is -0.512 e. The third-order valence-electron chi connectivity index (χ3n) is 11.1. The molecule has 6 rings (SSSR count). The van der Waals surface area contributed by atoms with E-state index in [0.717, 1.165) is 62.8 Å². The standard InChI is InChI=1S/C40H50N4O6/c1-10-24-19(4)26-17-31-33(23(8)45)21(6)28(42-31)15-27-20(5)25(11-12-32(46)50-14-13-18(2)3)37(43-27)35-36(40(48)49-9)39(47)34-22(7)29(44-38(34)35)16-30(24)41-26/h15-20,24-25,36,42,44-45,47H,10-14H2,1-9H3/b27-15?,30-16?,31-17?,33-23-. The second-order valence-electron chi connectivity index (χ2n) is 14.7. The molecule has 3 aromatic heterocycles. The van der Waals surface area contributed by atoms with Crippen LogP contribution in [-0.4, -0.2) is 55.8 Å². The van der Waals surface area contributed by atoms with Gasteiger partial charge < -0.3 is 29.7 Å². The first kappa shape index (κ1) is 35.2. The molecule has 5 heterocycles. The number of hydrogen-bond donors (Lipinski definition) is 4. The zero-order chi connectivity index (χ0) is 36.2. The third-order valence-corrected chi connectivity index (χ3v) is 11.1. The summed E-state index contributed by atoms with van der Waals surface area (Å²) in [4.78, 5) is 43.9. The van der Waals surface area contributed by atoms with E-state index in [1.54, 1.807) is 6.92 Å². The number of rotatable bonds is 8. The maximum Gasteiger partial charge on any atom is 0.321 e. The highest BCUT2D eigenvalue weighted by Crippen LogP contribution is 2.46. The van der Waals surface area contributed by atoms with Gasteiger partial charge in [0.2, 0.25) is 0 Å². The fourth-order valence-electron chi connectivity index (χ4n) is 8.12. The van der Waals surface area contributed by atoms with Gasteiger partial charge in [-0.2, -0.15) is 0 Å². The molecule has 4 N–H and O–H groups in total. The Hall–Kier alpha value is -4.60. The molecular formula is C40H50N4O6. The van der Waals surface area contributed by atoms with Crippen LogP contribution in [0.1, 0.15) is 136 Å². The van der Waals surface area contributed by atoms with Gasteiger partial charge in [-0.3, -0.25) is 19.6 Å². The predicted octanol–water partition coefficient (Wildman–Crippen LogP) is 7.11. The molecule has 0 saturated carbocycles. The Labute approximate surface area is 292 Å². The lowest BCUT2D eigenvalue weighted by Gasteiger charge is -2.19. The van der Waals surface area contributed by atoms with Gasteiger partial charge in [0.25, 0.3) is 0 Å². The number of hydrogen-bond acceptors (Lipinski definition) is 8. The van der Waals surface area contributed by atoms with Crippen molar-refractivity contribution in [2.24, 2.45) is 5.92 Å². The number of aromatic amines is 2. The molecular weight excluding hydrogens is 632 g/mol. The average molecular weight is 683 g/mol. The van der Waals surface area contributed by atoms with Gasteiger partial charge in [-0.25, -0.2) is 0 Å². The van der Waals surface area contributed by atoms with Crippen LogP contribution in [0.25, 0.3) is 33.6 Å². The van der Waals surface area contributed by atoms with Crippen molar-refractivity contribution in [3.63, 3.8) is 0 Å². The van der Waals surface area contributed by atoms with Gasteiger partial charge in [0.15, 0.2) is 0 Å². The molecule has 3 aliphatic rings. The predicted molar refractivity (Wildman–Crippen MR) is 194 cm³/mol. The zero-order valence-corrected chi connectivity index (χ0v) is 30.7. The number of fused-ring (bicyclic) bond motifs is 8. The zero-order valence-electron chi connectivity index (χ0n) is 30.7. The Bertz CT molecular complexity index is 2160. The van der Waals surface area contributed by atoms with Crippen LogP contribution in [0.2, 0.25) is 0 Å². The molecule has 0 amide bonds. The lowest BCUT2D eigenvalue weighted by atomic mass is 9.84. The second-order valence-corrected chi connectivity index (χ2v) is 14.7. The maximum absolute atomic E-state index is 13.5. The third kappa shape index (κ3) is 5.96. The van der Waals surface area contributed by atoms with Gasteiger partial charge in [-0.05, 0) is 75.3 Å². The molecule has 1 aliphatic carbocycles. The Balaban J connectivity index is 1.69. The van der Waals surface area contributed by atoms with Crippen molar-refractivity contribution in [3.05, 3.63) is 68.1 Å². The number of carbonyl (C=O) groups excluding carboxylic acids is 2. The highest BCUT2D eigenvalue weighted by molar-refractivity contribution is 5.96. The molecule has 5 atom stereocenters. The number of aliphatic hydroxyl groups excluding tert-OH is 2. The Kier molecular flexibility index (Phi) is 9.59. The largest absolute Gasteiger partial charge is 0.512 e. The number of H-pyrrole nitrogens is 2. The first-order valence-electron chi connectivity index (χ1n) is 17.9. The molecule has 50 heavy (non-hydrogen) atoms. The van der Waals surface area contributed by atoms with Crippen molar-refractivity contribution in [2.45, 2.75) is 111 Å². The van der Waals surface area contributed by atoms with E-state index < -0.39 is 11.9 Å². The molecule has 3 aromatic rings. The van der Waals surface area contributed by atoms with Crippen LogP contribution in [-0.2, 0) is 19.1 Å². The van der Waals surface area contributed by atoms with Gasteiger partial charge >= 0.3 is 11.9 Å². The van der Waals surface area contributed by atoms with E-state index in [4.69, 9.17) is 19.4 Å². The molecule has 266 valence electrons. The van der Waals surface area contributed by atoms with E-state index in [1.165, 1.54) is 7.11 Å². The van der Waals surface area contributed by atoms with E-state index in [-0.39, 0.29) is 47.6 Å². The molecule has 5 unspecified atom stereocenters. The monoisotopic (exact) mass is 682 g/mol.